The Kier molecular flexibility index (Phi) is 6.16. The van der Waals surface area contributed by atoms with Gasteiger partial charge in [0.25, 0.3) is 0 Å². The van der Waals surface area contributed by atoms with Crippen LogP contribution in [-0.4, -0.2) is 77.4 Å². The summed E-state index contributed by atoms with van der Waals surface area (Å²) >= 11 is 0. The fourth-order valence-electron chi connectivity index (χ4n) is 2.07. The van der Waals surface area contributed by atoms with Crippen LogP contribution in [0.2, 0.25) is 0 Å². The normalized spacial score (nSPS) is 19.1. The van der Waals surface area contributed by atoms with Gasteiger partial charge in [0.05, 0.1) is 13.2 Å². The van der Waals surface area contributed by atoms with E-state index in [1.54, 1.807) is 27.7 Å². The van der Waals surface area contributed by atoms with Crippen molar-refractivity contribution < 1.29 is 29.0 Å². The van der Waals surface area contributed by atoms with Gasteiger partial charge in [-0.1, -0.05) is 0 Å². The topological polar surface area (TPSA) is 96.4 Å². The molecule has 0 aliphatic carbocycles. The van der Waals surface area contributed by atoms with Crippen LogP contribution in [0.15, 0.2) is 0 Å². The molecule has 1 heterocycles. The lowest BCUT2D eigenvalue weighted by molar-refractivity contribution is -0.154. The number of piperazine rings is 1. The Morgan fingerprint density at radius 1 is 1.32 bits per heavy atom. The number of nitrogens with zero attached hydrogens (tertiary/aromatic N) is 2. The lowest BCUT2D eigenvalue weighted by Crippen LogP contribution is -2.61. The van der Waals surface area contributed by atoms with Gasteiger partial charge >= 0.3 is 12.1 Å². The molecule has 22 heavy (non-hydrogen) atoms. The van der Waals surface area contributed by atoms with Gasteiger partial charge in [0.1, 0.15) is 18.2 Å². The van der Waals surface area contributed by atoms with Crippen molar-refractivity contribution in [2.24, 2.45) is 0 Å². The van der Waals surface area contributed by atoms with Crippen LogP contribution in [0.3, 0.4) is 0 Å². The summed E-state index contributed by atoms with van der Waals surface area (Å²) in [4.78, 5) is 38.3. The van der Waals surface area contributed by atoms with Gasteiger partial charge in [-0.05, 0) is 27.7 Å². The number of rotatable bonds is 4. The summed E-state index contributed by atoms with van der Waals surface area (Å²) in [5, 5.41) is 9.42. The third kappa shape index (κ3) is 4.87. The molecular formula is C14H24N2O6. The largest absolute Gasteiger partial charge is 0.465 e. The standard InChI is InChI=1S/C14H24N2O6/c1-5-21-11(18)8-15-6-7-16(10(9-17)12(15)19)13(20)22-14(2,3)4/h10,17H,5-9H2,1-4H3/t10-/m0/s1. The van der Waals surface area contributed by atoms with E-state index in [0.717, 1.165) is 0 Å². The minimum absolute atomic E-state index is 0.186. The second-order valence-corrected chi connectivity index (χ2v) is 5.94. The van der Waals surface area contributed by atoms with E-state index in [1.807, 2.05) is 0 Å². The summed E-state index contributed by atoms with van der Waals surface area (Å²) in [7, 11) is 0. The molecule has 0 aromatic rings. The van der Waals surface area contributed by atoms with E-state index in [9.17, 15) is 19.5 Å². The molecule has 0 saturated carbocycles. The van der Waals surface area contributed by atoms with E-state index in [-0.39, 0.29) is 26.2 Å². The van der Waals surface area contributed by atoms with Crippen molar-refractivity contribution in [3.8, 4) is 0 Å². The molecule has 0 spiro atoms. The molecule has 8 heteroatoms. The van der Waals surface area contributed by atoms with Crippen LogP contribution >= 0.6 is 0 Å². The highest BCUT2D eigenvalue weighted by Gasteiger charge is 2.39. The third-order valence-corrected chi connectivity index (χ3v) is 3.01. The molecule has 8 nitrogen and oxygen atoms in total. The molecular weight excluding hydrogens is 292 g/mol. The van der Waals surface area contributed by atoms with Gasteiger partial charge in [0, 0.05) is 13.1 Å². The Morgan fingerprint density at radius 2 is 1.95 bits per heavy atom. The van der Waals surface area contributed by atoms with E-state index in [1.165, 1.54) is 9.80 Å². The molecule has 1 aliphatic rings. The highest BCUT2D eigenvalue weighted by atomic mass is 16.6. The monoisotopic (exact) mass is 316 g/mol. The predicted octanol–water partition coefficient (Wildman–Crippen LogP) is -0.0103. The Hall–Kier alpha value is -1.83. The molecule has 0 unspecified atom stereocenters. The van der Waals surface area contributed by atoms with Crippen molar-refractivity contribution in [1.82, 2.24) is 9.80 Å². The van der Waals surface area contributed by atoms with E-state index < -0.39 is 36.2 Å². The van der Waals surface area contributed by atoms with Crippen molar-refractivity contribution >= 4 is 18.0 Å². The van der Waals surface area contributed by atoms with Crippen LogP contribution in [0.1, 0.15) is 27.7 Å². The molecule has 2 amide bonds. The molecule has 0 radical (unpaired) electrons. The fourth-order valence-corrected chi connectivity index (χ4v) is 2.07. The van der Waals surface area contributed by atoms with E-state index in [0.29, 0.717) is 0 Å². The first kappa shape index (κ1) is 18.2. The lowest BCUT2D eigenvalue weighted by Gasteiger charge is -2.39. The first-order valence-corrected chi connectivity index (χ1v) is 7.24. The zero-order valence-electron chi connectivity index (χ0n) is 13.5. The van der Waals surface area contributed by atoms with Crippen molar-refractivity contribution in [3.05, 3.63) is 0 Å². The van der Waals surface area contributed by atoms with Gasteiger partial charge in [0.15, 0.2) is 0 Å². The Bertz CT molecular complexity index is 432. The van der Waals surface area contributed by atoms with Gasteiger partial charge in [-0.3, -0.25) is 14.5 Å². The highest BCUT2D eigenvalue weighted by Crippen LogP contribution is 2.16. The minimum Gasteiger partial charge on any atom is -0.465 e. The second kappa shape index (κ2) is 7.44. The van der Waals surface area contributed by atoms with E-state index >= 15 is 0 Å². The zero-order chi connectivity index (χ0) is 16.9. The average molecular weight is 316 g/mol. The van der Waals surface area contributed by atoms with Crippen molar-refractivity contribution in [2.45, 2.75) is 39.3 Å². The van der Waals surface area contributed by atoms with Gasteiger partial charge in [-0.25, -0.2) is 4.79 Å². The Labute approximate surface area is 130 Å². The van der Waals surface area contributed by atoms with Crippen LogP contribution in [0.4, 0.5) is 4.79 Å². The summed E-state index contributed by atoms with van der Waals surface area (Å²) in [5.41, 5.74) is -0.692. The van der Waals surface area contributed by atoms with Gasteiger partial charge in [-0.15, -0.1) is 0 Å². The third-order valence-electron chi connectivity index (χ3n) is 3.01. The smallest absolute Gasteiger partial charge is 0.411 e. The molecule has 1 aliphatic heterocycles. The first-order chi connectivity index (χ1) is 10.2. The molecule has 0 aromatic heterocycles. The molecule has 0 aromatic carbocycles. The number of esters is 1. The van der Waals surface area contributed by atoms with Crippen molar-refractivity contribution in [1.29, 1.82) is 0 Å². The number of aliphatic hydroxyl groups is 1. The number of hydrogen-bond acceptors (Lipinski definition) is 6. The molecule has 0 bridgehead atoms. The van der Waals surface area contributed by atoms with Gasteiger partial charge in [-0.2, -0.15) is 0 Å². The first-order valence-electron chi connectivity index (χ1n) is 7.24. The molecule has 1 atom stereocenters. The van der Waals surface area contributed by atoms with Crippen molar-refractivity contribution in [3.63, 3.8) is 0 Å². The zero-order valence-corrected chi connectivity index (χ0v) is 13.5. The fraction of sp³-hybridized carbons (Fsp3) is 0.786. The van der Waals surface area contributed by atoms with Gasteiger partial charge < -0.3 is 19.5 Å². The molecule has 1 rings (SSSR count). The summed E-state index contributed by atoms with van der Waals surface area (Å²) in [6, 6.07) is -1.04. The van der Waals surface area contributed by atoms with Crippen LogP contribution in [-0.2, 0) is 19.1 Å². The number of aliphatic hydroxyl groups excluding tert-OH is 1. The molecule has 1 N–H and O–H groups in total. The quantitative estimate of drug-likeness (QED) is 0.733. The van der Waals surface area contributed by atoms with E-state index in [2.05, 4.69) is 0 Å². The molecule has 126 valence electrons. The Morgan fingerprint density at radius 3 is 2.45 bits per heavy atom. The van der Waals surface area contributed by atoms with Crippen LogP contribution in [0.25, 0.3) is 0 Å². The second-order valence-electron chi connectivity index (χ2n) is 5.94. The van der Waals surface area contributed by atoms with Gasteiger partial charge in [0.2, 0.25) is 5.91 Å². The maximum atomic E-state index is 12.3. The molecule has 1 saturated heterocycles. The number of hydrogen-bond donors (Lipinski definition) is 1. The SMILES string of the molecule is CCOC(=O)CN1CCN(C(=O)OC(C)(C)C)[C@@H](CO)C1=O. The number of ether oxygens (including phenoxy) is 2. The number of amides is 2. The Balaban J connectivity index is 2.74. The maximum absolute atomic E-state index is 12.3. The lowest BCUT2D eigenvalue weighted by atomic mass is 10.1. The highest BCUT2D eigenvalue weighted by molar-refractivity contribution is 5.89. The molecule has 1 fully saturated rings. The van der Waals surface area contributed by atoms with Crippen LogP contribution in [0.5, 0.6) is 0 Å². The number of carbonyl (C=O) groups is 3. The van der Waals surface area contributed by atoms with Crippen molar-refractivity contribution in [2.75, 3.05) is 32.8 Å². The summed E-state index contributed by atoms with van der Waals surface area (Å²) in [6.07, 6.45) is -0.657. The average Bonchev–Trinajstić information content (AvgIpc) is 2.39. The summed E-state index contributed by atoms with van der Waals surface area (Å²) in [6.45, 7) is 6.72. The van der Waals surface area contributed by atoms with Crippen LogP contribution in [0, 0.1) is 0 Å². The predicted molar refractivity (Wildman–Crippen MR) is 77.0 cm³/mol. The van der Waals surface area contributed by atoms with E-state index in [4.69, 9.17) is 9.47 Å². The minimum atomic E-state index is -1.04. The number of carbonyl (C=O) groups excluding carboxylic acids is 3. The van der Waals surface area contributed by atoms with Crippen LogP contribution < -0.4 is 0 Å². The summed E-state index contributed by atoms with van der Waals surface area (Å²) in [5.74, 6) is -1.01. The summed E-state index contributed by atoms with van der Waals surface area (Å²) < 4.78 is 10.0. The maximum Gasteiger partial charge on any atom is 0.411 e.